The minimum atomic E-state index is 0.114. The first-order valence-corrected chi connectivity index (χ1v) is 9.62. The van der Waals surface area contributed by atoms with E-state index >= 15 is 0 Å². The van der Waals surface area contributed by atoms with Gasteiger partial charge in [-0.05, 0) is 60.2 Å². The first kappa shape index (κ1) is 19.2. The van der Waals surface area contributed by atoms with Crippen LogP contribution < -0.4 is 19.6 Å². The molecule has 0 spiro atoms. The van der Waals surface area contributed by atoms with E-state index in [1.807, 2.05) is 42.5 Å². The average molecular weight is 409 g/mol. The molecule has 0 aliphatic carbocycles. The maximum absolute atomic E-state index is 5.91. The molecule has 3 aromatic carbocycles. The Balaban J connectivity index is 1.42. The Bertz CT molecular complexity index is 1020. The highest BCUT2D eigenvalue weighted by atomic mass is 35.5. The molecule has 1 aliphatic heterocycles. The second-order valence-electron chi connectivity index (χ2n) is 6.64. The number of nitrogens with zero attached hydrogens (tertiary/aromatic N) is 1. The van der Waals surface area contributed by atoms with E-state index in [1.165, 1.54) is 0 Å². The Labute approximate surface area is 174 Å². The van der Waals surface area contributed by atoms with Crippen molar-refractivity contribution in [2.24, 2.45) is 5.10 Å². The zero-order chi connectivity index (χ0) is 20.2. The summed E-state index contributed by atoms with van der Waals surface area (Å²) in [6.45, 7) is 0. The van der Waals surface area contributed by atoms with E-state index in [-0.39, 0.29) is 6.04 Å². The number of methoxy groups -OCH3 is 2. The number of rotatable bonds is 6. The number of benzene rings is 3. The Kier molecular flexibility index (Phi) is 5.58. The maximum atomic E-state index is 5.91. The van der Waals surface area contributed by atoms with Crippen molar-refractivity contribution < 1.29 is 14.2 Å². The summed E-state index contributed by atoms with van der Waals surface area (Å²) in [5.74, 6) is 2.92. The molecule has 29 heavy (non-hydrogen) atoms. The molecule has 6 heteroatoms. The van der Waals surface area contributed by atoms with Crippen molar-refractivity contribution in [2.75, 3.05) is 14.2 Å². The fourth-order valence-corrected chi connectivity index (χ4v) is 3.36. The van der Waals surface area contributed by atoms with Crippen molar-refractivity contribution in [3.8, 4) is 23.0 Å². The van der Waals surface area contributed by atoms with Crippen LogP contribution in [0.1, 0.15) is 23.6 Å². The van der Waals surface area contributed by atoms with Crippen LogP contribution in [0.3, 0.4) is 0 Å². The average Bonchev–Trinajstić information content (AvgIpc) is 3.25. The van der Waals surface area contributed by atoms with Gasteiger partial charge in [0.25, 0.3) is 0 Å². The maximum Gasteiger partial charge on any atom is 0.161 e. The lowest BCUT2D eigenvalue weighted by Gasteiger charge is -2.12. The van der Waals surface area contributed by atoms with Gasteiger partial charge in [-0.2, -0.15) is 5.10 Å². The monoisotopic (exact) mass is 408 g/mol. The van der Waals surface area contributed by atoms with Crippen molar-refractivity contribution in [3.63, 3.8) is 0 Å². The SMILES string of the molecule is COc1ccc(C2=NNC(c3ccc(Oc4ccc(Cl)cc4)cc3)C2)cc1OC. The second kappa shape index (κ2) is 8.45. The van der Waals surface area contributed by atoms with Crippen molar-refractivity contribution >= 4 is 17.3 Å². The lowest BCUT2D eigenvalue weighted by atomic mass is 9.99. The predicted octanol–water partition coefficient (Wildman–Crippen LogP) is 5.59. The molecule has 5 nitrogen and oxygen atoms in total. The molecule has 1 heterocycles. The van der Waals surface area contributed by atoms with E-state index in [9.17, 15) is 0 Å². The highest BCUT2D eigenvalue weighted by Crippen LogP contribution is 2.32. The Morgan fingerprint density at radius 3 is 2.17 bits per heavy atom. The molecule has 1 N–H and O–H groups in total. The molecule has 3 aromatic rings. The van der Waals surface area contributed by atoms with Crippen LogP contribution in [-0.4, -0.2) is 19.9 Å². The van der Waals surface area contributed by atoms with Crippen LogP contribution in [0, 0.1) is 0 Å². The van der Waals surface area contributed by atoms with E-state index in [2.05, 4.69) is 22.7 Å². The van der Waals surface area contributed by atoms with Crippen molar-refractivity contribution in [2.45, 2.75) is 12.5 Å². The normalized spacial score (nSPS) is 15.4. The predicted molar refractivity (Wildman–Crippen MR) is 115 cm³/mol. The number of hydrogen-bond donors (Lipinski definition) is 1. The second-order valence-corrected chi connectivity index (χ2v) is 7.08. The standard InChI is InChI=1S/C23H21ClN2O3/c1-27-22-12-5-16(13-23(22)28-2)21-14-20(25-26-21)15-3-8-18(9-4-15)29-19-10-6-17(24)7-11-19/h3-13,20,25H,14H2,1-2H3. The van der Waals surface area contributed by atoms with Gasteiger partial charge in [0.2, 0.25) is 0 Å². The third-order valence-corrected chi connectivity index (χ3v) is 5.05. The summed E-state index contributed by atoms with van der Waals surface area (Å²) in [4.78, 5) is 0. The van der Waals surface area contributed by atoms with Gasteiger partial charge < -0.3 is 19.6 Å². The molecule has 0 radical (unpaired) electrons. The van der Waals surface area contributed by atoms with Crippen LogP contribution in [0.25, 0.3) is 0 Å². The Morgan fingerprint density at radius 1 is 0.862 bits per heavy atom. The van der Waals surface area contributed by atoms with E-state index in [4.69, 9.17) is 25.8 Å². The number of halogens is 1. The van der Waals surface area contributed by atoms with E-state index < -0.39 is 0 Å². The van der Waals surface area contributed by atoms with Gasteiger partial charge >= 0.3 is 0 Å². The smallest absolute Gasteiger partial charge is 0.161 e. The van der Waals surface area contributed by atoms with Crippen molar-refractivity contribution in [1.29, 1.82) is 0 Å². The highest BCUT2D eigenvalue weighted by Gasteiger charge is 2.22. The van der Waals surface area contributed by atoms with Gasteiger partial charge in [0.1, 0.15) is 11.5 Å². The van der Waals surface area contributed by atoms with Gasteiger partial charge in [-0.15, -0.1) is 0 Å². The largest absolute Gasteiger partial charge is 0.493 e. The quantitative estimate of drug-likeness (QED) is 0.577. The number of nitrogens with one attached hydrogen (secondary N) is 1. The Morgan fingerprint density at radius 2 is 1.52 bits per heavy atom. The summed E-state index contributed by atoms with van der Waals surface area (Å²) in [5, 5.41) is 5.21. The number of hydrazone groups is 1. The summed E-state index contributed by atoms with van der Waals surface area (Å²) in [7, 11) is 3.26. The van der Waals surface area contributed by atoms with E-state index in [1.54, 1.807) is 26.4 Å². The minimum absolute atomic E-state index is 0.114. The van der Waals surface area contributed by atoms with Gasteiger partial charge in [-0.1, -0.05) is 23.7 Å². The molecule has 148 valence electrons. The molecule has 0 saturated carbocycles. The molecule has 1 unspecified atom stereocenters. The van der Waals surface area contributed by atoms with Gasteiger partial charge in [0.05, 0.1) is 26.0 Å². The van der Waals surface area contributed by atoms with Crippen LogP contribution in [0.4, 0.5) is 0 Å². The van der Waals surface area contributed by atoms with Gasteiger partial charge in [-0.25, -0.2) is 0 Å². The topological polar surface area (TPSA) is 52.1 Å². The molecule has 0 amide bonds. The third kappa shape index (κ3) is 4.30. The molecular weight excluding hydrogens is 388 g/mol. The molecular formula is C23H21ClN2O3. The molecule has 0 fully saturated rings. The highest BCUT2D eigenvalue weighted by molar-refractivity contribution is 6.30. The van der Waals surface area contributed by atoms with Crippen LogP contribution in [0.5, 0.6) is 23.0 Å². The van der Waals surface area contributed by atoms with E-state index in [0.29, 0.717) is 16.5 Å². The fraction of sp³-hybridized carbons (Fsp3) is 0.174. The molecule has 0 bridgehead atoms. The van der Waals surface area contributed by atoms with Crippen LogP contribution in [0.15, 0.2) is 71.8 Å². The summed E-state index contributed by atoms with van der Waals surface area (Å²) in [6.07, 6.45) is 0.785. The molecule has 0 aromatic heterocycles. The molecule has 1 atom stereocenters. The van der Waals surface area contributed by atoms with Crippen molar-refractivity contribution in [3.05, 3.63) is 82.9 Å². The van der Waals surface area contributed by atoms with Gasteiger partial charge in [0, 0.05) is 17.0 Å². The summed E-state index contributed by atoms with van der Waals surface area (Å²) in [5.41, 5.74) is 6.37. The van der Waals surface area contributed by atoms with Crippen LogP contribution in [0.2, 0.25) is 5.02 Å². The zero-order valence-corrected chi connectivity index (χ0v) is 16.9. The fourth-order valence-electron chi connectivity index (χ4n) is 3.24. The first-order valence-electron chi connectivity index (χ1n) is 9.24. The Hall–Kier alpha value is -3.18. The van der Waals surface area contributed by atoms with Crippen molar-refractivity contribution in [1.82, 2.24) is 5.43 Å². The summed E-state index contributed by atoms with van der Waals surface area (Å²) < 4.78 is 16.6. The molecule has 4 rings (SSSR count). The lowest BCUT2D eigenvalue weighted by molar-refractivity contribution is 0.355. The summed E-state index contributed by atoms with van der Waals surface area (Å²) >= 11 is 5.91. The minimum Gasteiger partial charge on any atom is -0.493 e. The molecule has 1 aliphatic rings. The van der Waals surface area contributed by atoms with Crippen LogP contribution >= 0.6 is 11.6 Å². The van der Waals surface area contributed by atoms with E-state index in [0.717, 1.165) is 34.8 Å². The number of hydrogen-bond acceptors (Lipinski definition) is 5. The molecule has 0 saturated heterocycles. The zero-order valence-electron chi connectivity index (χ0n) is 16.2. The number of ether oxygens (including phenoxy) is 3. The van der Waals surface area contributed by atoms with Gasteiger partial charge in [0.15, 0.2) is 11.5 Å². The third-order valence-electron chi connectivity index (χ3n) is 4.80. The van der Waals surface area contributed by atoms with Crippen LogP contribution in [-0.2, 0) is 0 Å². The first-order chi connectivity index (χ1) is 14.2. The lowest BCUT2D eigenvalue weighted by Crippen LogP contribution is -2.09. The van der Waals surface area contributed by atoms with Gasteiger partial charge in [-0.3, -0.25) is 0 Å². The summed E-state index contributed by atoms with van der Waals surface area (Å²) in [6, 6.07) is 21.3.